The maximum Gasteiger partial charge on any atom is 0.236 e. The van der Waals surface area contributed by atoms with E-state index in [1.807, 2.05) is 36.0 Å². The van der Waals surface area contributed by atoms with Crippen LogP contribution in [0.2, 0.25) is 5.02 Å². The molecule has 0 atom stereocenters. The van der Waals surface area contributed by atoms with Gasteiger partial charge in [-0.2, -0.15) is 0 Å². The van der Waals surface area contributed by atoms with Gasteiger partial charge in [0.25, 0.3) is 0 Å². The molecule has 3 aromatic rings. The van der Waals surface area contributed by atoms with Crippen molar-refractivity contribution in [1.29, 1.82) is 0 Å². The van der Waals surface area contributed by atoms with E-state index < -0.39 is 5.82 Å². The third-order valence-corrected chi connectivity index (χ3v) is 6.46. The number of fused-ring (bicyclic) bond motifs is 1. The summed E-state index contributed by atoms with van der Waals surface area (Å²) in [4.78, 5) is 46.4. The van der Waals surface area contributed by atoms with Crippen LogP contribution in [0, 0.1) is 5.82 Å². The van der Waals surface area contributed by atoms with Crippen LogP contribution < -0.4 is 4.90 Å². The Morgan fingerprint density at radius 1 is 1.11 bits per heavy atom. The molecule has 0 spiro atoms. The molecule has 1 amide bonds. The highest BCUT2D eigenvalue weighted by atomic mass is 35.5. The topological polar surface area (TPSA) is 73.8 Å². The first-order valence-electron chi connectivity index (χ1n) is 11.3. The van der Waals surface area contributed by atoms with E-state index in [1.165, 1.54) is 13.0 Å². The van der Waals surface area contributed by atoms with Crippen LogP contribution in [0.25, 0.3) is 22.0 Å². The number of halogens is 2. The van der Waals surface area contributed by atoms with Gasteiger partial charge >= 0.3 is 0 Å². The number of rotatable bonds is 6. The lowest BCUT2D eigenvalue weighted by atomic mass is 9.98. The number of carbonyl (C=O) groups is 3. The van der Waals surface area contributed by atoms with Crippen molar-refractivity contribution >= 4 is 46.2 Å². The Labute approximate surface area is 208 Å². The Balaban J connectivity index is 1.75. The van der Waals surface area contributed by atoms with Crippen LogP contribution in [0.1, 0.15) is 27.6 Å². The number of nitrogens with zero attached hydrogens (tertiary/aromatic N) is 4. The van der Waals surface area contributed by atoms with Gasteiger partial charge in [-0.15, -0.1) is 0 Å². The molecule has 0 radical (unpaired) electrons. The fourth-order valence-electron chi connectivity index (χ4n) is 4.37. The van der Waals surface area contributed by atoms with E-state index in [-0.39, 0.29) is 22.3 Å². The molecular formula is C26H26ClFN4O3. The summed E-state index contributed by atoms with van der Waals surface area (Å²) in [6.45, 7) is 4.07. The van der Waals surface area contributed by atoms with Crippen LogP contribution >= 0.6 is 11.6 Å². The molecule has 1 aliphatic heterocycles. The second-order valence-electron chi connectivity index (χ2n) is 8.89. The summed E-state index contributed by atoms with van der Waals surface area (Å²) in [5.74, 6) is -0.742. The molecule has 35 heavy (non-hydrogen) atoms. The van der Waals surface area contributed by atoms with E-state index >= 15 is 0 Å². The summed E-state index contributed by atoms with van der Waals surface area (Å²) in [6.07, 6.45) is 1.98. The summed E-state index contributed by atoms with van der Waals surface area (Å²) in [5, 5.41) is 0.781. The number of Topliss-reactive ketones (excluding diaryl/α,β-unsaturated/α-hetero) is 1. The second-order valence-corrected chi connectivity index (χ2v) is 9.29. The van der Waals surface area contributed by atoms with Gasteiger partial charge in [-0.1, -0.05) is 17.7 Å². The third-order valence-electron chi connectivity index (χ3n) is 6.15. The van der Waals surface area contributed by atoms with Crippen LogP contribution in [-0.4, -0.2) is 79.6 Å². The molecule has 182 valence electrons. The molecule has 0 N–H and O–H groups in total. The third kappa shape index (κ3) is 5.04. The largest absolute Gasteiger partial charge is 0.367 e. The normalized spacial score (nSPS) is 14.0. The maximum atomic E-state index is 14.4. The van der Waals surface area contributed by atoms with Crippen LogP contribution in [0.5, 0.6) is 0 Å². The Bertz CT molecular complexity index is 1300. The number of benzene rings is 2. The highest BCUT2D eigenvalue weighted by Crippen LogP contribution is 2.35. The number of piperazine rings is 1. The van der Waals surface area contributed by atoms with Gasteiger partial charge in [0.2, 0.25) is 5.91 Å². The molecule has 2 aromatic carbocycles. The van der Waals surface area contributed by atoms with E-state index in [4.69, 9.17) is 11.6 Å². The molecule has 1 aromatic heterocycles. The fourth-order valence-corrected chi connectivity index (χ4v) is 4.62. The number of amides is 1. The molecule has 1 fully saturated rings. The van der Waals surface area contributed by atoms with E-state index in [9.17, 15) is 18.8 Å². The Hall–Kier alpha value is -3.36. The van der Waals surface area contributed by atoms with Crippen molar-refractivity contribution in [3.05, 3.63) is 58.5 Å². The molecule has 4 rings (SSSR count). The summed E-state index contributed by atoms with van der Waals surface area (Å²) >= 11 is 6.12. The Kier molecular flexibility index (Phi) is 7.14. The van der Waals surface area contributed by atoms with Crippen molar-refractivity contribution in [2.75, 3.05) is 51.7 Å². The zero-order valence-electron chi connectivity index (χ0n) is 19.8. The van der Waals surface area contributed by atoms with Gasteiger partial charge in [0.15, 0.2) is 12.1 Å². The van der Waals surface area contributed by atoms with Gasteiger partial charge in [0, 0.05) is 37.8 Å². The highest BCUT2D eigenvalue weighted by molar-refractivity contribution is 6.33. The van der Waals surface area contributed by atoms with Crippen LogP contribution in [-0.2, 0) is 4.79 Å². The number of hydrogen-bond acceptors (Lipinski definition) is 6. The van der Waals surface area contributed by atoms with Crippen LogP contribution in [0.15, 0.2) is 36.5 Å². The fraction of sp³-hybridized carbons (Fsp3) is 0.308. The maximum absolute atomic E-state index is 14.4. The minimum Gasteiger partial charge on any atom is -0.367 e. The quantitative estimate of drug-likeness (QED) is 0.380. The summed E-state index contributed by atoms with van der Waals surface area (Å²) in [6, 6.07) is 8.30. The number of anilines is 1. The van der Waals surface area contributed by atoms with Crippen molar-refractivity contribution in [1.82, 2.24) is 14.8 Å². The molecule has 7 nitrogen and oxygen atoms in total. The highest BCUT2D eigenvalue weighted by Gasteiger charge is 2.26. The number of ketones is 1. The standard InChI is InChI=1S/C26H26ClFN4O3/c1-16(34)20-13-29-24-5-4-17(18-11-22(27)21(15-33)23(28)12-18)10-19(24)26(20)32-8-6-31(7-9-32)25(35)14-30(2)3/h4-5,10-13,15H,6-9,14H2,1-3H3. The zero-order valence-corrected chi connectivity index (χ0v) is 20.6. The van der Waals surface area contributed by atoms with Crippen molar-refractivity contribution in [3.8, 4) is 11.1 Å². The Morgan fingerprint density at radius 3 is 2.43 bits per heavy atom. The number of likely N-dealkylation sites (N-methyl/N-ethyl adjacent to an activating group) is 1. The van der Waals surface area contributed by atoms with E-state index in [0.717, 1.165) is 11.1 Å². The molecule has 0 unspecified atom stereocenters. The second kappa shape index (κ2) is 10.1. The average Bonchev–Trinajstić information content (AvgIpc) is 2.82. The Morgan fingerprint density at radius 2 is 1.83 bits per heavy atom. The summed E-state index contributed by atoms with van der Waals surface area (Å²) in [7, 11) is 3.72. The van der Waals surface area contributed by atoms with Gasteiger partial charge < -0.3 is 14.7 Å². The predicted molar refractivity (Wildman–Crippen MR) is 135 cm³/mol. The predicted octanol–water partition coefficient (Wildman–Crippen LogP) is 3.92. The minimum absolute atomic E-state index is 0.0319. The van der Waals surface area contributed by atoms with Crippen molar-refractivity contribution in [2.24, 2.45) is 0 Å². The monoisotopic (exact) mass is 496 g/mol. The minimum atomic E-state index is -0.697. The summed E-state index contributed by atoms with van der Waals surface area (Å²) < 4.78 is 14.4. The number of pyridine rings is 1. The number of aldehydes is 1. The SMILES string of the molecule is CC(=O)c1cnc2ccc(-c3cc(F)c(C=O)c(Cl)c3)cc2c1N1CCN(C(=O)CN(C)C)CC1. The molecular weight excluding hydrogens is 471 g/mol. The van der Waals surface area contributed by atoms with Crippen LogP contribution in [0.3, 0.4) is 0 Å². The number of carbonyl (C=O) groups excluding carboxylic acids is 3. The zero-order chi connectivity index (χ0) is 25.3. The van der Waals surface area contributed by atoms with Crippen LogP contribution in [0.4, 0.5) is 10.1 Å². The molecule has 1 aliphatic rings. The molecule has 9 heteroatoms. The molecule has 2 heterocycles. The van der Waals surface area contributed by atoms with Crippen molar-refractivity contribution in [3.63, 3.8) is 0 Å². The van der Waals surface area contributed by atoms with E-state index in [1.54, 1.807) is 18.3 Å². The van der Waals surface area contributed by atoms with E-state index in [2.05, 4.69) is 9.88 Å². The van der Waals surface area contributed by atoms with E-state index in [0.29, 0.717) is 61.2 Å². The lowest BCUT2D eigenvalue weighted by molar-refractivity contribution is -0.132. The van der Waals surface area contributed by atoms with Gasteiger partial charge in [0.05, 0.1) is 33.9 Å². The number of hydrogen-bond donors (Lipinski definition) is 0. The average molecular weight is 497 g/mol. The molecule has 1 saturated heterocycles. The van der Waals surface area contributed by atoms with Gasteiger partial charge in [0.1, 0.15) is 5.82 Å². The van der Waals surface area contributed by atoms with Crippen molar-refractivity contribution in [2.45, 2.75) is 6.92 Å². The van der Waals surface area contributed by atoms with Gasteiger partial charge in [-0.3, -0.25) is 19.4 Å². The molecule has 0 aliphatic carbocycles. The molecule has 0 saturated carbocycles. The smallest absolute Gasteiger partial charge is 0.236 e. The first-order valence-corrected chi connectivity index (χ1v) is 11.6. The van der Waals surface area contributed by atoms with Gasteiger partial charge in [-0.25, -0.2) is 4.39 Å². The first-order chi connectivity index (χ1) is 16.7. The van der Waals surface area contributed by atoms with Gasteiger partial charge in [-0.05, 0) is 56.4 Å². The summed E-state index contributed by atoms with van der Waals surface area (Å²) in [5.41, 5.74) is 2.94. The lowest BCUT2D eigenvalue weighted by Gasteiger charge is -2.37. The lowest BCUT2D eigenvalue weighted by Crippen LogP contribution is -2.51. The first kappa shape index (κ1) is 24.8. The van der Waals surface area contributed by atoms with Crippen molar-refractivity contribution < 1.29 is 18.8 Å². The molecule has 0 bridgehead atoms. The number of aromatic nitrogens is 1.